The topological polar surface area (TPSA) is 78.7 Å². The van der Waals surface area contributed by atoms with Gasteiger partial charge in [0.1, 0.15) is 0 Å². The number of nitrogens with zero attached hydrogens (tertiary/aromatic N) is 2. The second-order valence-corrected chi connectivity index (χ2v) is 6.94. The second-order valence-electron chi connectivity index (χ2n) is 6.94. The lowest BCUT2D eigenvalue weighted by molar-refractivity contribution is -0.116. The zero-order chi connectivity index (χ0) is 19.2. The molecule has 1 atom stereocenters. The van der Waals surface area contributed by atoms with E-state index in [9.17, 15) is 9.59 Å². The maximum Gasteiger partial charge on any atom is 0.253 e. The van der Waals surface area contributed by atoms with Crippen LogP contribution in [0.2, 0.25) is 0 Å². The first kappa shape index (κ1) is 19.1. The molecule has 1 aliphatic rings. The summed E-state index contributed by atoms with van der Waals surface area (Å²) in [6.07, 6.45) is 0.200. The average molecular weight is 366 g/mol. The van der Waals surface area contributed by atoms with E-state index >= 15 is 0 Å². The van der Waals surface area contributed by atoms with Gasteiger partial charge < -0.3 is 20.9 Å². The van der Waals surface area contributed by atoms with Crippen molar-refractivity contribution >= 4 is 17.5 Å². The highest BCUT2D eigenvalue weighted by molar-refractivity contribution is 5.96. The molecule has 0 aromatic heterocycles. The van der Waals surface area contributed by atoms with Crippen LogP contribution in [0.1, 0.15) is 28.4 Å². The van der Waals surface area contributed by atoms with Gasteiger partial charge in [0.05, 0.1) is 0 Å². The van der Waals surface area contributed by atoms with E-state index in [0.29, 0.717) is 11.3 Å². The van der Waals surface area contributed by atoms with Gasteiger partial charge in [-0.05, 0) is 36.9 Å². The lowest BCUT2D eigenvalue weighted by Crippen LogP contribution is -2.47. The Morgan fingerprint density at radius 3 is 2.26 bits per heavy atom. The molecule has 1 heterocycles. The van der Waals surface area contributed by atoms with Crippen LogP contribution in [0, 0.1) is 0 Å². The Hall–Kier alpha value is -2.70. The van der Waals surface area contributed by atoms with E-state index < -0.39 is 0 Å². The molecule has 6 heteroatoms. The van der Waals surface area contributed by atoms with Crippen molar-refractivity contribution in [3.63, 3.8) is 0 Å². The molecule has 6 nitrogen and oxygen atoms in total. The molecule has 27 heavy (non-hydrogen) atoms. The molecule has 2 amide bonds. The summed E-state index contributed by atoms with van der Waals surface area (Å²) in [5.74, 6) is -0.114. The molecule has 1 fully saturated rings. The minimum absolute atomic E-state index is 0.0343. The lowest BCUT2D eigenvalue weighted by Gasteiger charge is -2.32. The summed E-state index contributed by atoms with van der Waals surface area (Å²) in [7, 11) is 2.06. The molecule has 3 N–H and O–H groups in total. The molecule has 2 aromatic carbocycles. The Labute approximate surface area is 159 Å². The first-order valence-corrected chi connectivity index (χ1v) is 9.21. The van der Waals surface area contributed by atoms with Crippen LogP contribution < -0.4 is 11.1 Å². The fourth-order valence-electron chi connectivity index (χ4n) is 3.12. The van der Waals surface area contributed by atoms with E-state index in [-0.39, 0.29) is 24.3 Å². The number of carbonyl (C=O) groups is 2. The summed E-state index contributed by atoms with van der Waals surface area (Å²) >= 11 is 0. The second kappa shape index (κ2) is 8.79. The Balaban J connectivity index is 1.54. The van der Waals surface area contributed by atoms with Gasteiger partial charge in [0.15, 0.2) is 0 Å². The highest BCUT2D eigenvalue weighted by atomic mass is 16.2. The van der Waals surface area contributed by atoms with Gasteiger partial charge in [-0.1, -0.05) is 30.3 Å². The molecule has 142 valence electrons. The summed E-state index contributed by atoms with van der Waals surface area (Å²) < 4.78 is 0. The summed E-state index contributed by atoms with van der Waals surface area (Å²) in [4.78, 5) is 28.8. The molecule has 1 aliphatic heterocycles. The Morgan fingerprint density at radius 1 is 1.00 bits per heavy atom. The third-order valence-corrected chi connectivity index (χ3v) is 4.84. The van der Waals surface area contributed by atoms with E-state index in [2.05, 4.69) is 17.3 Å². The number of piperazine rings is 1. The maximum atomic E-state index is 12.5. The zero-order valence-electron chi connectivity index (χ0n) is 15.6. The van der Waals surface area contributed by atoms with Crippen LogP contribution in [0.5, 0.6) is 0 Å². The molecule has 0 spiro atoms. The fourth-order valence-corrected chi connectivity index (χ4v) is 3.12. The predicted molar refractivity (Wildman–Crippen MR) is 106 cm³/mol. The minimum Gasteiger partial charge on any atom is -0.336 e. The summed E-state index contributed by atoms with van der Waals surface area (Å²) in [5.41, 5.74) is 8.32. The monoisotopic (exact) mass is 366 g/mol. The molecule has 1 unspecified atom stereocenters. The van der Waals surface area contributed by atoms with Crippen molar-refractivity contribution in [2.24, 2.45) is 5.73 Å². The molecule has 0 radical (unpaired) electrons. The third kappa shape index (κ3) is 5.15. The van der Waals surface area contributed by atoms with E-state index in [0.717, 1.165) is 31.7 Å². The van der Waals surface area contributed by atoms with Crippen molar-refractivity contribution in [3.8, 4) is 0 Å². The van der Waals surface area contributed by atoms with E-state index in [1.54, 1.807) is 24.3 Å². The van der Waals surface area contributed by atoms with Crippen LogP contribution in [0.3, 0.4) is 0 Å². The molecule has 3 rings (SSSR count). The van der Waals surface area contributed by atoms with Gasteiger partial charge in [-0.2, -0.15) is 0 Å². The van der Waals surface area contributed by atoms with Gasteiger partial charge in [-0.15, -0.1) is 0 Å². The summed E-state index contributed by atoms with van der Waals surface area (Å²) in [6.45, 7) is 3.26. The quantitative estimate of drug-likeness (QED) is 0.849. The Bertz CT molecular complexity index is 769. The van der Waals surface area contributed by atoms with Gasteiger partial charge in [0, 0.05) is 49.9 Å². The van der Waals surface area contributed by atoms with Crippen molar-refractivity contribution in [2.45, 2.75) is 12.5 Å². The Morgan fingerprint density at radius 2 is 1.63 bits per heavy atom. The smallest absolute Gasteiger partial charge is 0.253 e. The number of anilines is 1. The highest BCUT2D eigenvalue weighted by Crippen LogP contribution is 2.16. The SMILES string of the molecule is CN1CCN(C(=O)c2ccc(NC(=O)CC(N)c3ccccc3)cc2)CC1. The number of benzene rings is 2. The van der Waals surface area contributed by atoms with Crippen molar-refractivity contribution in [3.05, 3.63) is 65.7 Å². The van der Waals surface area contributed by atoms with Crippen molar-refractivity contribution in [1.82, 2.24) is 9.80 Å². The van der Waals surface area contributed by atoms with Gasteiger partial charge in [0.2, 0.25) is 5.91 Å². The first-order valence-electron chi connectivity index (χ1n) is 9.21. The first-order chi connectivity index (χ1) is 13.0. The van der Waals surface area contributed by atoms with Gasteiger partial charge in [0.25, 0.3) is 5.91 Å². The number of likely N-dealkylation sites (N-methyl/N-ethyl adjacent to an activating group) is 1. The van der Waals surface area contributed by atoms with E-state index in [1.807, 2.05) is 35.2 Å². The molecule has 2 aromatic rings. The highest BCUT2D eigenvalue weighted by Gasteiger charge is 2.20. The van der Waals surface area contributed by atoms with Gasteiger partial charge in [-0.25, -0.2) is 0 Å². The fraction of sp³-hybridized carbons (Fsp3) is 0.333. The average Bonchev–Trinajstić information content (AvgIpc) is 2.69. The number of hydrogen-bond donors (Lipinski definition) is 2. The number of amides is 2. The molecular weight excluding hydrogens is 340 g/mol. The van der Waals surface area contributed by atoms with Crippen molar-refractivity contribution in [1.29, 1.82) is 0 Å². The van der Waals surface area contributed by atoms with E-state index in [1.165, 1.54) is 0 Å². The van der Waals surface area contributed by atoms with Crippen LogP contribution in [0.15, 0.2) is 54.6 Å². The van der Waals surface area contributed by atoms with Crippen molar-refractivity contribution < 1.29 is 9.59 Å². The number of carbonyl (C=O) groups excluding carboxylic acids is 2. The molecule has 0 bridgehead atoms. The van der Waals surface area contributed by atoms with Gasteiger partial charge in [-0.3, -0.25) is 9.59 Å². The van der Waals surface area contributed by atoms with Crippen molar-refractivity contribution in [2.75, 3.05) is 38.5 Å². The normalized spacial score (nSPS) is 16.0. The van der Waals surface area contributed by atoms with Crippen LogP contribution in [-0.4, -0.2) is 54.8 Å². The summed E-state index contributed by atoms with van der Waals surface area (Å²) in [6, 6.07) is 16.2. The van der Waals surface area contributed by atoms with Crippen LogP contribution in [0.25, 0.3) is 0 Å². The largest absolute Gasteiger partial charge is 0.336 e. The maximum absolute atomic E-state index is 12.5. The molecule has 1 saturated heterocycles. The Kier molecular flexibility index (Phi) is 6.21. The molecule has 0 saturated carbocycles. The number of hydrogen-bond acceptors (Lipinski definition) is 4. The molecule has 0 aliphatic carbocycles. The van der Waals surface area contributed by atoms with Crippen LogP contribution in [0.4, 0.5) is 5.69 Å². The van der Waals surface area contributed by atoms with Gasteiger partial charge >= 0.3 is 0 Å². The number of rotatable bonds is 5. The van der Waals surface area contributed by atoms with Crippen LogP contribution >= 0.6 is 0 Å². The predicted octanol–water partition coefficient (Wildman–Crippen LogP) is 2.10. The third-order valence-electron chi connectivity index (χ3n) is 4.84. The number of nitrogens with one attached hydrogen (secondary N) is 1. The lowest BCUT2D eigenvalue weighted by atomic mass is 10.0. The van der Waals surface area contributed by atoms with E-state index in [4.69, 9.17) is 5.73 Å². The van der Waals surface area contributed by atoms with Crippen LogP contribution in [-0.2, 0) is 4.79 Å². The standard InChI is InChI=1S/C21H26N4O2/c1-24-11-13-25(14-12-24)21(27)17-7-9-18(10-8-17)23-20(26)15-19(22)16-5-3-2-4-6-16/h2-10,19H,11-15,22H2,1H3,(H,23,26). The summed E-state index contributed by atoms with van der Waals surface area (Å²) in [5, 5.41) is 2.84. The zero-order valence-corrected chi connectivity index (χ0v) is 15.6. The minimum atomic E-state index is -0.343. The number of nitrogens with two attached hydrogens (primary N) is 1. The molecular formula is C21H26N4O2.